The van der Waals surface area contributed by atoms with Gasteiger partial charge in [-0.05, 0) is 57.4 Å². The molecule has 4 rings (SSSR count). The molecule has 0 saturated carbocycles. The molecule has 0 unspecified atom stereocenters. The van der Waals surface area contributed by atoms with Gasteiger partial charge < -0.3 is 10.2 Å². The molecule has 14 heteroatoms. The van der Waals surface area contributed by atoms with Crippen molar-refractivity contribution in [3.8, 4) is 22.5 Å². The monoisotopic (exact) mass is 576 g/mol. The van der Waals surface area contributed by atoms with Crippen LogP contribution in [-0.4, -0.2) is 51.0 Å². The predicted molar refractivity (Wildman–Crippen MR) is 135 cm³/mol. The van der Waals surface area contributed by atoms with Crippen LogP contribution in [0.15, 0.2) is 66.7 Å². The quantitative estimate of drug-likeness (QED) is 0.321. The van der Waals surface area contributed by atoms with Gasteiger partial charge in [-0.1, -0.05) is 36.4 Å². The number of aryl methyl sites for hydroxylation is 1. The Bertz CT molecular complexity index is 1580. The molecule has 0 saturated heterocycles. The number of nitrogens with one attached hydrogen (secondary N) is 1. The highest BCUT2D eigenvalue weighted by molar-refractivity contribution is 6.04. The third-order valence-electron chi connectivity index (χ3n) is 6.18. The number of aromatic nitrogens is 4. The Morgan fingerprint density at radius 3 is 2.05 bits per heavy atom. The van der Waals surface area contributed by atoms with E-state index in [1.54, 1.807) is 13.1 Å². The van der Waals surface area contributed by atoms with Crippen LogP contribution in [0.4, 0.5) is 26.3 Å². The fraction of sp³-hybridized carbons (Fsp3) is 0.222. The van der Waals surface area contributed by atoms with Crippen LogP contribution in [0.5, 0.6) is 0 Å². The number of rotatable bonds is 6. The lowest BCUT2D eigenvalue weighted by Gasteiger charge is -2.23. The minimum Gasteiger partial charge on any atom is -0.347 e. The molecule has 0 spiro atoms. The van der Waals surface area contributed by atoms with Crippen molar-refractivity contribution in [3.05, 3.63) is 89.0 Å². The first kappa shape index (κ1) is 29.2. The lowest BCUT2D eigenvalue weighted by molar-refractivity contribution is -0.138. The van der Waals surface area contributed by atoms with E-state index in [2.05, 4.69) is 20.8 Å². The number of nitrogens with zero attached hydrogens (tertiary/aromatic N) is 5. The zero-order valence-electron chi connectivity index (χ0n) is 21.7. The van der Waals surface area contributed by atoms with Crippen LogP contribution in [-0.2, 0) is 24.2 Å². The van der Waals surface area contributed by atoms with Gasteiger partial charge in [-0.25, -0.2) is 4.68 Å². The first-order valence-electron chi connectivity index (χ1n) is 11.9. The Hall–Kier alpha value is -4.75. The van der Waals surface area contributed by atoms with E-state index in [1.165, 1.54) is 49.1 Å². The van der Waals surface area contributed by atoms with E-state index in [4.69, 9.17) is 0 Å². The standard InChI is InChI=1S/C27H22F6N6O2/c1-38(2)25(41)22(16-5-4-6-19(13-16)27(31,32)33)34-24(40)21-14-17(23-35-36-37-39(23)3)9-12-20(21)15-7-10-18(11-8-15)26(28,29)30/h4-14,22H,1-3H3,(H,34,40)/t22-/m0/s1. The molecule has 0 aliphatic carbocycles. The van der Waals surface area contributed by atoms with Crippen molar-refractivity contribution in [3.63, 3.8) is 0 Å². The number of hydrogen-bond acceptors (Lipinski definition) is 5. The van der Waals surface area contributed by atoms with Gasteiger partial charge in [-0.15, -0.1) is 5.10 Å². The van der Waals surface area contributed by atoms with E-state index in [9.17, 15) is 35.9 Å². The summed E-state index contributed by atoms with van der Waals surface area (Å²) in [6, 6.07) is 11.0. The van der Waals surface area contributed by atoms with Crippen molar-refractivity contribution in [1.29, 1.82) is 0 Å². The minimum atomic E-state index is -4.69. The van der Waals surface area contributed by atoms with Gasteiger partial charge >= 0.3 is 12.4 Å². The van der Waals surface area contributed by atoms with Gasteiger partial charge in [-0.2, -0.15) is 26.3 Å². The van der Waals surface area contributed by atoms with Crippen LogP contribution in [0.1, 0.15) is 33.1 Å². The molecule has 0 fully saturated rings. The van der Waals surface area contributed by atoms with Gasteiger partial charge in [0.05, 0.1) is 11.1 Å². The Kier molecular flexibility index (Phi) is 7.86. The van der Waals surface area contributed by atoms with E-state index in [0.717, 1.165) is 35.2 Å². The average molecular weight is 577 g/mol. The number of benzene rings is 3. The van der Waals surface area contributed by atoms with Crippen molar-refractivity contribution < 1.29 is 35.9 Å². The topological polar surface area (TPSA) is 93.0 Å². The van der Waals surface area contributed by atoms with Gasteiger partial charge in [0.25, 0.3) is 5.91 Å². The lowest BCUT2D eigenvalue weighted by Crippen LogP contribution is -2.40. The van der Waals surface area contributed by atoms with E-state index < -0.39 is 41.3 Å². The van der Waals surface area contributed by atoms with Crippen LogP contribution >= 0.6 is 0 Å². The maximum atomic E-state index is 13.7. The number of carbonyl (C=O) groups excluding carboxylic acids is 2. The second-order valence-corrected chi connectivity index (χ2v) is 9.22. The summed E-state index contributed by atoms with van der Waals surface area (Å²) in [5, 5.41) is 13.7. The fourth-order valence-electron chi connectivity index (χ4n) is 4.08. The summed E-state index contributed by atoms with van der Waals surface area (Å²) in [4.78, 5) is 27.9. The number of alkyl halides is 6. The van der Waals surface area contributed by atoms with Crippen LogP contribution in [0.25, 0.3) is 22.5 Å². The maximum absolute atomic E-state index is 13.7. The summed E-state index contributed by atoms with van der Waals surface area (Å²) in [6.07, 6.45) is -9.27. The molecule has 8 nitrogen and oxygen atoms in total. The molecule has 1 atom stereocenters. The molecule has 0 aliphatic rings. The van der Waals surface area contributed by atoms with Crippen LogP contribution in [0.3, 0.4) is 0 Å². The summed E-state index contributed by atoms with van der Waals surface area (Å²) in [6.45, 7) is 0. The molecular weight excluding hydrogens is 554 g/mol. The highest BCUT2D eigenvalue weighted by Gasteiger charge is 2.33. The molecule has 2 amide bonds. The third-order valence-corrected chi connectivity index (χ3v) is 6.18. The van der Waals surface area contributed by atoms with Crippen molar-refractivity contribution >= 4 is 11.8 Å². The van der Waals surface area contributed by atoms with Crippen LogP contribution < -0.4 is 5.32 Å². The number of halogens is 6. The Morgan fingerprint density at radius 1 is 0.854 bits per heavy atom. The van der Waals surface area contributed by atoms with Gasteiger partial charge in [0.1, 0.15) is 6.04 Å². The van der Waals surface area contributed by atoms with Crippen molar-refractivity contribution in [2.24, 2.45) is 7.05 Å². The molecule has 41 heavy (non-hydrogen) atoms. The lowest BCUT2D eigenvalue weighted by atomic mass is 9.95. The highest BCUT2D eigenvalue weighted by atomic mass is 19.4. The average Bonchev–Trinajstić information content (AvgIpc) is 3.35. The molecule has 1 N–H and O–H groups in total. The molecule has 214 valence electrons. The minimum absolute atomic E-state index is 0.0752. The zero-order chi connectivity index (χ0) is 30.1. The number of hydrogen-bond donors (Lipinski definition) is 1. The summed E-state index contributed by atoms with van der Waals surface area (Å²) < 4.78 is 80.9. The Balaban J connectivity index is 1.81. The maximum Gasteiger partial charge on any atom is 0.416 e. The number of likely N-dealkylation sites (N-methyl/N-ethyl adjacent to an activating group) is 1. The summed E-state index contributed by atoms with van der Waals surface area (Å²) in [5.41, 5.74) is -1.27. The molecule has 0 radical (unpaired) electrons. The number of carbonyl (C=O) groups is 2. The third kappa shape index (κ3) is 6.36. The SMILES string of the molecule is CN(C)C(=O)[C@@H](NC(=O)c1cc(-c2nnnn2C)ccc1-c1ccc(C(F)(F)F)cc1)c1cccc(C(F)(F)F)c1. The van der Waals surface area contributed by atoms with Crippen molar-refractivity contribution in [2.45, 2.75) is 18.4 Å². The molecule has 4 aromatic rings. The van der Waals surface area contributed by atoms with Gasteiger partial charge in [-0.3, -0.25) is 9.59 Å². The second-order valence-electron chi connectivity index (χ2n) is 9.22. The first-order valence-corrected chi connectivity index (χ1v) is 11.9. The van der Waals surface area contributed by atoms with Crippen LogP contribution in [0, 0.1) is 0 Å². The van der Waals surface area contributed by atoms with Crippen LogP contribution in [0.2, 0.25) is 0 Å². The summed E-state index contributed by atoms with van der Waals surface area (Å²) in [7, 11) is 4.31. The largest absolute Gasteiger partial charge is 0.416 e. The highest BCUT2D eigenvalue weighted by Crippen LogP contribution is 2.34. The normalized spacial score (nSPS) is 12.6. The Labute approximate surface area is 229 Å². The van der Waals surface area contributed by atoms with E-state index in [-0.39, 0.29) is 28.1 Å². The fourth-order valence-corrected chi connectivity index (χ4v) is 4.08. The van der Waals surface area contributed by atoms with Gasteiger partial charge in [0.15, 0.2) is 5.82 Å². The van der Waals surface area contributed by atoms with Gasteiger partial charge in [0.2, 0.25) is 5.91 Å². The Morgan fingerprint density at radius 2 is 1.49 bits per heavy atom. The number of amides is 2. The molecule has 0 aliphatic heterocycles. The summed E-state index contributed by atoms with van der Waals surface area (Å²) in [5.74, 6) is -1.31. The van der Waals surface area contributed by atoms with Crippen molar-refractivity contribution in [2.75, 3.05) is 14.1 Å². The second kappa shape index (κ2) is 11.0. The van der Waals surface area contributed by atoms with Gasteiger partial charge in [0, 0.05) is 32.3 Å². The molecule has 0 bridgehead atoms. The number of tetrazole rings is 1. The predicted octanol–water partition coefficient (Wildman–Crippen LogP) is 5.14. The first-order chi connectivity index (χ1) is 19.2. The van der Waals surface area contributed by atoms with E-state index in [1.807, 2.05) is 0 Å². The molecule has 1 aromatic heterocycles. The summed E-state index contributed by atoms with van der Waals surface area (Å²) >= 11 is 0. The molecule has 3 aromatic carbocycles. The molecular formula is C27H22F6N6O2. The van der Waals surface area contributed by atoms with E-state index in [0.29, 0.717) is 5.56 Å². The molecule has 1 heterocycles. The smallest absolute Gasteiger partial charge is 0.347 e. The van der Waals surface area contributed by atoms with E-state index >= 15 is 0 Å². The van der Waals surface area contributed by atoms with Crippen molar-refractivity contribution in [1.82, 2.24) is 30.4 Å². The zero-order valence-corrected chi connectivity index (χ0v) is 21.7.